The van der Waals surface area contributed by atoms with Crippen molar-refractivity contribution >= 4 is 12.0 Å². The molecule has 1 aliphatic carbocycles. The van der Waals surface area contributed by atoms with Crippen molar-refractivity contribution in [2.75, 3.05) is 19.7 Å². The number of hydrogen-bond acceptors (Lipinski definition) is 3. The van der Waals surface area contributed by atoms with Crippen molar-refractivity contribution in [2.45, 2.75) is 37.6 Å². The molecule has 108 valence electrons. The van der Waals surface area contributed by atoms with E-state index in [1.165, 1.54) is 4.90 Å². The summed E-state index contributed by atoms with van der Waals surface area (Å²) in [5, 5.41) is 20.7. The molecule has 0 spiro atoms. The highest BCUT2D eigenvalue weighted by Crippen LogP contribution is 2.32. The molecular formula is C13H22N2O4. The fourth-order valence-corrected chi connectivity index (χ4v) is 2.55. The Morgan fingerprint density at radius 2 is 2.00 bits per heavy atom. The van der Waals surface area contributed by atoms with Crippen LogP contribution in [0.4, 0.5) is 4.79 Å². The molecular weight excluding hydrogens is 248 g/mol. The number of nitrogens with one attached hydrogen (secondary N) is 1. The minimum absolute atomic E-state index is 0.0558. The minimum Gasteiger partial charge on any atom is -0.481 e. The molecule has 0 aliphatic heterocycles. The van der Waals surface area contributed by atoms with Gasteiger partial charge in [0.2, 0.25) is 0 Å². The van der Waals surface area contributed by atoms with E-state index in [4.69, 9.17) is 10.2 Å². The van der Waals surface area contributed by atoms with Crippen LogP contribution in [0.15, 0.2) is 12.7 Å². The van der Waals surface area contributed by atoms with E-state index in [0.717, 1.165) is 12.8 Å². The largest absolute Gasteiger partial charge is 0.481 e. The molecule has 0 aromatic heterocycles. The van der Waals surface area contributed by atoms with Gasteiger partial charge in [-0.05, 0) is 12.8 Å². The molecule has 19 heavy (non-hydrogen) atoms. The third-order valence-electron chi connectivity index (χ3n) is 3.43. The second kappa shape index (κ2) is 7.13. The van der Waals surface area contributed by atoms with Crippen LogP contribution in [0, 0.1) is 0 Å². The van der Waals surface area contributed by atoms with E-state index < -0.39 is 11.5 Å². The zero-order valence-corrected chi connectivity index (χ0v) is 11.1. The Morgan fingerprint density at radius 1 is 1.37 bits per heavy atom. The molecule has 3 N–H and O–H groups in total. The highest BCUT2D eigenvalue weighted by molar-refractivity contribution is 5.77. The van der Waals surface area contributed by atoms with Crippen LogP contribution in [-0.4, -0.2) is 52.3 Å². The molecule has 1 rings (SSSR count). The van der Waals surface area contributed by atoms with Crippen molar-refractivity contribution in [1.82, 2.24) is 10.2 Å². The lowest BCUT2D eigenvalue weighted by molar-refractivity contribution is -0.138. The number of rotatable bonds is 7. The van der Waals surface area contributed by atoms with Crippen molar-refractivity contribution in [3.63, 3.8) is 0 Å². The maximum Gasteiger partial charge on any atom is 0.318 e. The van der Waals surface area contributed by atoms with Crippen LogP contribution in [0.25, 0.3) is 0 Å². The molecule has 6 nitrogen and oxygen atoms in total. The predicted molar refractivity (Wildman–Crippen MR) is 70.8 cm³/mol. The number of nitrogens with zero attached hydrogens (tertiary/aromatic N) is 1. The van der Waals surface area contributed by atoms with Crippen molar-refractivity contribution in [3.05, 3.63) is 12.7 Å². The van der Waals surface area contributed by atoms with Crippen molar-refractivity contribution in [3.8, 4) is 0 Å². The third kappa shape index (κ3) is 4.55. The highest BCUT2D eigenvalue weighted by atomic mass is 16.4. The van der Waals surface area contributed by atoms with Gasteiger partial charge in [-0.1, -0.05) is 18.9 Å². The Kier molecular flexibility index (Phi) is 5.82. The quantitative estimate of drug-likeness (QED) is 0.601. The molecule has 0 saturated heterocycles. The van der Waals surface area contributed by atoms with Gasteiger partial charge in [-0.3, -0.25) is 4.79 Å². The molecule has 0 unspecified atom stereocenters. The Bertz CT molecular complexity index is 338. The van der Waals surface area contributed by atoms with Gasteiger partial charge in [0.25, 0.3) is 0 Å². The molecule has 0 bridgehead atoms. The fraction of sp³-hybridized carbons (Fsp3) is 0.692. The summed E-state index contributed by atoms with van der Waals surface area (Å²) in [5.41, 5.74) is -0.641. The molecule has 2 amide bonds. The topological polar surface area (TPSA) is 89.9 Å². The Morgan fingerprint density at radius 3 is 2.47 bits per heavy atom. The lowest BCUT2D eigenvalue weighted by Gasteiger charge is -2.32. The number of aliphatic hydroxyl groups excluding tert-OH is 1. The number of carboxylic acids is 1. The average Bonchev–Trinajstić information content (AvgIpc) is 2.76. The SMILES string of the molecule is C=CCN(CCO)C(=O)NC1(CC(=O)O)CCCC1. The number of hydrogen-bond donors (Lipinski definition) is 3. The summed E-state index contributed by atoms with van der Waals surface area (Å²) in [4.78, 5) is 24.5. The van der Waals surface area contributed by atoms with Gasteiger partial charge in [0.15, 0.2) is 0 Å². The van der Waals surface area contributed by atoms with Crippen LogP contribution >= 0.6 is 0 Å². The summed E-state index contributed by atoms with van der Waals surface area (Å²) in [6.45, 7) is 3.97. The molecule has 0 aromatic rings. The van der Waals surface area contributed by atoms with E-state index in [1.54, 1.807) is 6.08 Å². The lowest BCUT2D eigenvalue weighted by Crippen LogP contribution is -2.53. The first-order valence-electron chi connectivity index (χ1n) is 6.53. The number of carbonyl (C=O) groups is 2. The van der Waals surface area contributed by atoms with Gasteiger partial charge >= 0.3 is 12.0 Å². The molecule has 0 atom stereocenters. The summed E-state index contributed by atoms with van der Waals surface area (Å²) in [7, 11) is 0. The Hall–Kier alpha value is -1.56. The second-order valence-electron chi connectivity index (χ2n) is 4.95. The van der Waals surface area contributed by atoms with Crippen LogP contribution < -0.4 is 5.32 Å². The first-order valence-corrected chi connectivity index (χ1v) is 6.53. The van der Waals surface area contributed by atoms with Gasteiger partial charge in [0.05, 0.1) is 18.6 Å². The Balaban J connectivity index is 2.69. The van der Waals surface area contributed by atoms with Gasteiger partial charge in [0.1, 0.15) is 0 Å². The molecule has 0 radical (unpaired) electrons. The van der Waals surface area contributed by atoms with Crippen LogP contribution in [-0.2, 0) is 4.79 Å². The molecule has 0 aromatic carbocycles. The lowest BCUT2D eigenvalue weighted by atomic mass is 9.93. The summed E-state index contributed by atoms with van der Waals surface area (Å²) >= 11 is 0. The number of urea groups is 1. The molecule has 0 heterocycles. The molecule has 1 saturated carbocycles. The van der Waals surface area contributed by atoms with Crippen LogP contribution in [0.5, 0.6) is 0 Å². The second-order valence-corrected chi connectivity index (χ2v) is 4.95. The van der Waals surface area contributed by atoms with Gasteiger partial charge in [0, 0.05) is 13.1 Å². The van der Waals surface area contributed by atoms with Crippen molar-refractivity contribution < 1.29 is 19.8 Å². The monoisotopic (exact) mass is 270 g/mol. The number of carboxylic acid groups (broad SMARTS) is 1. The van der Waals surface area contributed by atoms with E-state index in [0.29, 0.717) is 19.4 Å². The van der Waals surface area contributed by atoms with Crippen LogP contribution in [0.2, 0.25) is 0 Å². The van der Waals surface area contributed by atoms with Gasteiger partial charge < -0.3 is 20.4 Å². The van der Waals surface area contributed by atoms with Crippen LogP contribution in [0.1, 0.15) is 32.1 Å². The first kappa shape index (κ1) is 15.5. The normalized spacial score (nSPS) is 16.9. The average molecular weight is 270 g/mol. The van der Waals surface area contributed by atoms with E-state index in [2.05, 4.69) is 11.9 Å². The van der Waals surface area contributed by atoms with E-state index in [9.17, 15) is 9.59 Å². The number of aliphatic carboxylic acids is 1. The summed E-state index contributed by atoms with van der Waals surface area (Å²) in [5.74, 6) is -0.903. The zero-order chi connectivity index (χ0) is 14.3. The van der Waals surface area contributed by atoms with Gasteiger partial charge in [-0.15, -0.1) is 6.58 Å². The molecule has 1 fully saturated rings. The third-order valence-corrected chi connectivity index (χ3v) is 3.43. The van der Waals surface area contributed by atoms with Crippen molar-refractivity contribution in [2.24, 2.45) is 0 Å². The first-order chi connectivity index (χ1) is 9.03. The maximum atomic E-state index is 12.1. The minimum atomic E-state index is -0.903. The van der Waals surface area contributed by atoms with E-state index in [1.807, 2.05) is 0 Å². The fourth-order valence-electron chi connectivity index (χ4n) is 2.55. The van der Waals surface area contributed by atoms with Crippen LogP contribution in [0.3, 0.4) is 0 Å². The maximum absolute atomic E-state index is 12.1. The zero-order valence-electron chi connectivity index (χ0n) is 11.1. The number of carbonyl (C=O) groups excluding carboxylic acids is 1. The van der Waals surface area contributed by atoms with E-state index in [-0.39, 0.29) is 25.6 Å². The summed E-state index contributed by atoms with van der Waals surface area (Å²) < 4.78 is 0. The van der Waals surface area contributed by atoms with E-state index >= 15 is 0 Å². The predicted octanol–water partition coefficient (Wildman–Crippen LogP) is 0.964. The summed E-state index contributed by atoms with van der Waals surface area (Å²) in [6.07, 6.45) is 4.75. The Labute approximate surface area is 113 Å². The van der Waals surface area contributed by atoms with Crippen molar-refractivity contribution in [1.29, 1.82) is 0 Å². The van der Waals surface area contributed by atoms with Gasteiger partial charge in [-0.2, -0.15) is 0 Å². The van der Waals surface area contributed by atoms with Gasteiger partial charge in [-0.25, -0.2) is 4.79 Å². The standard InChI is InChI=1S/C13H22N2O4/c1-2-7-15(8-9-16)12(19)14-13(10-11(17)18)5-3-4-6-13/h2,16H,1,3-10H2,(H,14,19)(H,17,18). The molecule has 6 heteroatoms. The smallest absolute Gasteiger partial charge is 0.318 e. The highest BCUT2D eigenvalue weighted by Gasteiger charge is 2.38. The molecule has 1 aliphatic rings. The summed E-state index contributed by atoms with van der Waals surface area (Å²) in [6, 6.07) is -0.336. The number of amides is 2. The number of aliphatic hydroxyl groups is 1.